The summed E-state index contributed by atoms with van der Waals surface area (Å²) in [6, 6.07) is 8.56. The largest absolute Gasteiger partial charge is 0.317 e. The van der Waals surface area contributed by atoms with E-state index in [1.54, 1.807) is 18.4 Å². The van der Waals surface area contributed by atoms with Crippen molar-refractivity contribution in [2.75, 3.05) is 0 Å². The lowest BCUT2D eigenvalue weighted by Crippen LogP contribution is -2.10. The highest BCUT2D eigenvalue weighted by atomic mass is 16.1. The molecule has 2 heteroatoms. The molecule has 0 amide bonds. The maximum atomic E-state index is 10.1. The molecule has 0 aliphatic carbocycles. The lowest BCUT2D eigenvalue weighted by Gasteiger charge is -1.99. The van der Waals surface area contributed by atoms with Gasteiger partial charge in [0.1, 0.15) is 0 Å². The molecule has 0 aliphatic rings. The van der Waals surface area contributed by atoms with E-state index in [-0.39, 0.29) is 0 Å². The summed E-state index contributed by atoms with van der Waals surface area (Å²) in [6.45, 7) is 0. The maximum Gasteiger partial charge on any atom is 0.221 e. The quantitative estimate of drug-likeness (QED) is 0.650. The zero-order valence-electron chi connectivity index (χ0n) is 5.45. The minimum absolute atomic E-state index is 0.596. The van der Waals surface area contributed by atoms with E-state index in [9.17, 15) is 4.79 Å². The van der Waals surface area contributed by atoms with Crippen LogP contribution in [0.3, 0.4) is 0 Å². The van der Waals surface area contributed by atoms with E-state index in [0.29, 0.717) is 0 Å². The van der Waals surface area contributed by atoms with Gasteiger partial charge in [-0.2, -0.15) is 0 Å². The highest BCUT2D eigenvalue weighted by Gasteiger charge is 2.01. The van der Waals surface area contributed by atoms with Crippen molar-refractivity contribution in [3.05, 3.63) is 35.9 Å². The van der Waals surface area contributed by atoms with Crippen LogP contribution in [-0.4, -0.2) is 6.29 Å². The van der Waals surface area contributed by atoms with Crippen LogP contribution in [0.1, 0.15) is 11.6 Å². The number of benzene rings is 1. The van der Waals surface area contributed by atoms with Crippen LogP contribution in [0, 0.1) is 0 Å². The van der Waals surface area contributed by atoms with Gasteiger partial charge in [0.15, 0.2) is 0 Å². The SMILES string of the molecule is N[C@@H]([C]=O)c1ccccc1. The van der Waals surface area contributed by atoms with Crippen LogP contribution >= 0.6 is 0 Å². The summed E-state index contributed by atoms with van der Waals surface area (Å²) in [7, 11) is 0. The zero-order chi connectivity index (χ0) is 7.40. The van der Waals surface area contributed by atoms with Crippen LogP contribution in [0.25, 0.3) is 0 Å². The molecule has 0 saturated carbocycles. The second kappa shape index (κ2) is 3.13. The van der Waals surface area contributed by atoms with Crippen molar-refractivity contribution in [2.45, 2.75) is 6.04 Å². The first-order valence-corrected chi connectivity index (χ1v) is 3.03. The Morgan fingerprint density at radius 2 is 1.90 bits per heavy atom. The van der Waals surface area contributed by atoms with E-state index >= 15 is 0 Å². The predicted molar refractivity (Wildman–Crippen MR) is 39.1 cm³/mol. The van der Waals surface area contributed by atoms with Crippen molar-refractivity contribution < 1.29 is 4.79 Å². The number of hydrogen-bond acceptors (Lipinski definition) is 2. The van der Waals surface area contributed by atoms with Gasteiger partial charge in [-0.25, -0.2) is 0 Å². The lowest BCUT2D eigenvalue weighted by atomic mass is 10.1. The fourth-order valence-electron chi connectivity index (χ4n) is 0.728. The van der Waals surface area contributed by atoms with Gasteiger partial charge in [0.25, 0.3) is 0 Å². The molecule has 0 aliphatic heterocycles. The maximum absolute atomic E-state index is 10.1. The van der Waals surface area contributed by atoms with Gasteiger partial charge in [-0.3, -0.25) is 4.79 Å². The molecule has 1 aromatic rings. The van der Waals surface area contributed by atoms with Crippen molar-refractivity contribution in [3.63, 3.8) is 0 Å². The fourth-order valence-corrected chi connectivity index (χ4v) is 0.728. The summed E-state index contributed by atoms with van der Waals surface area (Å²) in [5, 5.41) is 0. The first kappa shape index (κ1) is 6.96. The van der Waals surface area contributed by atoms with Crippen LogP contribution in [-0.2, 0) is 4.79 Å². The second-order valence-electron chi connectivity index (χ2n) is 2.01. The molecule has 2 N–H and O–H groups in total. The highest BCUT2D eigenvalue weighted by Crippen LogP contribution is 2.05. The zero-order valence-corrected chi connectivity index (χ0v) is 5.45. The average molecular weight is 134 g/mol. The molecule has 10 heavy (non-hydrogen) atoms. The molecule has 51 valence electrons. The van der Waals surface area contributed by atoms with Gasteiger partial charge >= 0.3 is 0 Å². The van der Waals surface area contributed by atoms with Crippen molar-refractivity contribution in [3.8, 4) is 0 Å². The van der Waals surface area contributed by atoms with Gasteiger partial charge in [-0.05, 0) is 5.56 Å². The van der Waals surface area contributed by atoms with Crippen LogP contribution in [0.15, 0.2) is 30.3 Å². The van der Waals surface area contributed by atoms with Gasteiger partial charge in [0.2, 0.25) is 6.29 Å². The van der Waals surface area contributed by atoms with Crippen molar-refractivity contribution in [1.29, 1.82) is 0 Å². The summed E-state index contributed by atoms with van der Waals surface area (Å²) in [5.74, 6) is 0. The van der Waals surface area contributed by atoms with E-state index < -0.39 is 6.04 Å². The molecule has 1 radical (unpaired) electrons. The Kier molecular flexibility index (Phi) is 2.18. The number of nitrogens with two attached hydrogens (primary N) is 1. The number of carbonyl (C=O) groups excluding carboxylic acids is 1. The van der Waals surface area contributed by atoms with Gasteiger partial charge in [0, 0.05) is 0 Å². The third-order valence-corrected chi connectivity index (χ3v) is 1.29. The average Bonchev–Trinajstić information content (AvgIpc) is 2.05. The number of hydrogen-bond donors (Lipinski definition) is 1. The van der Waals surface area contributed by atoms with E-state index in [0.717, 1.165) is 5.56 Å². The third kappa shape index (κ3) is 1.42. The summed E-state index contributed by atoms with van der Waals surface area (Å²) >= 11 is 0. The van der Waals surface area contributed by atoms with Crippen molar-refractivity contribution in [1.82, 2.24) is 0 Å². The molecular formula is C8H8NO. The van der Waals surface area contributed by atoms with Crippen LogP contribution in [0.5, 0.6) is 0 Å². The molecular weight excluding hydrogens is 126 g/mol. The van der Waals surface area contributed by atoms with Gasteiger partial charge < -0.3 is 5.73 Å². The van der Waals surface area contributed by atoms with Crippen LogP contribution in [0.2, 0.25) is 0 Å². The monoisotopic (exact) mass is 134 g/mol. The molecule has 0 bridgehead atoms. The smallest absolute Gasteiger partial charge is 0.221 e. The van der Waals surface area contributed by atoms with Gasteiger partial charge in [0.05, 0.1) is 6.04 Å². The Hall–Kier alpha value is -1.15. The third-order valence-electron chi connectivity index (χ3n) is 1.29. The van der Waals surface area contributed by atoms with E-state index in [1.165, 1.54) is 0 Å². The van der Waals surface area contributed by atoms with Crippen LogP contribution in [0.4, 0.5) is 0 Å². The standard InChI is InChI=1S/C8H8NO/c9-8(6-10)7-4-2-1-3-5-7/h1-5,8H,9H2/t8-/m0/s1. The summed E-state index contributed by atoms with van der Waals surface area (Å²) in [6.07, 6.45) is 1.71. The second-order valence-corrected chi connectivity index (χ2v) is 2.01. The topological polar surface area (TPSA) is 43.1 Å². The van der Waals surface area contributed by atoms with E-state index in [4.69, 9.17) is 5.73 Å². The molecule has 0 fully saturated rings. The molecule has 0 aromatic heterocycles. The molecule has 0 heterocycles. The first-order valence-electron chi connectivity index (χ1n) is 3.03. The number of rotatable bonds is 2. The Labute approximate surface area is 59.7 Å². The molecule has 1 aromatic carbocycles. The van der Waals surface area contributed by atoms with Gasteiger partial charge in [-0.15, -0.1) is 0 Å². The summed E-state index contributed by atoms with van der Waals surface area (Å²) in [5.41, 5.74) is 6.17. The Balaban J connectivity index is 2.84. The molecule has 0 unspecified atom stereocenters. The van der Waals surface area contributed by atoms with Gasteiger partial charge in [-0.1, -0.05) is 30.3 Å². The predicted octanol–water partition coefficient (Wildman–Crippen LogP) is 0.796. The minimum atomic E-state index is -0.596. The summed E-state index contributed by atoms with van der Waals surface area (Å²) in [4.78, 5) is 10.1. The lowest BCUT2D eigenvalue weighted by molar-refractivity contribution is 0.544. The van der Waals surface area contributed by atoms with Crippen molar-refractivity contribution >= 4 is 6.29 Å². The fraction of sp³-hybridized carbons (Fsp3) is 0.125. The molecule has 2 nitrogen and oxygen atoms in total. The molecule has 1 rings (SSSR count). The first-order chi connectivity index (χ1) is 4.84. The van der Waals surface area contributed by atoms with E-state index in [2.05, 4.69) is 0 Å². The molecule has 0 spiro atoms. The Morgan fingerprint density at radius 1 is 1.30 bits per heavy atom. The Morgan fingerprint density at radius 3 is 2.40 bits per heavy atom. The molecule has 0 saturated heterocycles. The molecule has 1 atom stereocenters. The minimum Gasteiger partial charge on any atom is -0.317 e. The van der Waals surface area contributed by atoms with Crippen molar-refractivity contribution in [2.24, 2.45) is 5.73 Å². The normalized spacial score (nSPS) is 12.5. The Bertz CT molecular complexity index is 208. The summed E-state index contributed by atoms with van der Waals surface area (Å²) < 4.78 is 0. The highest BCUT2D eigenvalue weighted by molar-refractivity contribution is 5.61. The van der Waals surface area contributed by atoms with Crippen LogP contribution < -0.4 is 5.73 Å². The van der Waals surface area contributed by atoms with E-state index in [1.807, 2.05) is 18.2 Å².